The third kappa shape index (κ3) is 5.46. The van der Waals surface area contributed by atoms with E-state index in [1.165, 1.54) is 0 Å². The van der Waals surface area contributed by atoms with E-state index in [2.05, 4.69) is 10.4 Å². The van der Waals surface area contributed by atoms with Crippen LogP contribution < -0.4 is 10.1 Å². The molecule has 0 radical (unpaired) electrons. The van der Waals surface area contributed by atoms with Crippen molar-refractivity contribution in [2.75, 3.05) is 18.5 Å². The molecule has 0 atom stereocenters. The van der Waals surface area contributed by atoms with Gasteiger partial charge in [-0.05, 0) is 43.3 Å². The van der Waals surface area contributed by atoms with E-state index in [4.69, 9.17) is 9.47 Å². The van der Waals surface area contributed by atoms with E-state index in [0.717, 1.165) is 11.3 Å². The Morgan fingerprint density at radius 3 is 2.24 bits per heavy atom. The number of amides is 1. The summed E-state index contributed by atoms with van der Waals surface area (Å²) in [6, 6.07) is 25.8. The van der Waals surface area contributed by atoms with Gasteiger partial charge in [-0.15, -0.1) is 0 Å². The van der Waals surface area contributed by atoms with Gasteiger partial charge in [-0.1, -0.05) is 48.5 Å². The summed E-state index contributed by atoms with van der Waals surface area (Å²) in [6.45, 7) is 2.04. The van der Waals surface area contributed by atoms with Crippen molar-refractivity contribution < 1.29 is 19.1 Å². The highest BCUT2D eigenvalue weighted by molar-refractivity contribution is 5.98. The molecule has 0 spiro atoms. The molecule has 0 saturated carbocycles. The minimum atomic E-state index is -0.627. The molecule has 4 aromatic rings. The highest BCUT2D eigenvalue weighted by Gasteiger charge is 2.21. The zero-order chi connectivity index (χ0) is 23.0. The predicted octanol–water partition coefficient (Wildman–Crippen LogP) is 4.73. The Kier molecular flexibility index (Phi) is 6.80. The number of nitrogens with zero attached hydrogens (tertiary/aromatic N) is 2. The second kappa shape index (κ2) is 10.3. The van der Waals surface area contributed by atoms with Crippen molar-refractivity contribution in [2.45, 2.75) is 6.92 Å². The Bertz CT molecular complexity index is 1220. The Morgan fingerprint density at radius 2 is 1.58 bits per heavy atom. The molecule has 33 heavy (non-hydrogen) atoms. The summed E-state index contributed by atoms with van der Waals surface area (Å²) in [4.78, 5) is 25.2. The fraction of sp³-hybridized carbons (Fsp3) is 0.115. The maximum absolute atomic E-state index is 12.9. The van der Waals surface area contributed by atoms with Gasteiger partial charge in [0.25, 0.3) is 5.91 Å². The van der Waals surface area contributed by atoms with Crippen LogP contribution in [-0.2, 0) is 9.53 Å². The summed E-state index contributed by atoms with van der Waals surface area (Å²) in [7, 11) is 0. The topological polar surface area (TPSA) is 82.5 Å². The Hall–Kier alpha value is -4.39. The number of para-hydroxylation sites is 1. The molecule has 0 saturated heterocycles. The molecule has 1 amide bonds. The summed E-state index contributed by atoms with van der Waals surface area (Å²) in [5.41, 5.74) is 2.93. The van der Waals surface area contributed by atoms with Gasteiger partial charge in [-0.2, -0.15) is 5.10 Å². The summed E-state index contributed by atoms with van der Waals surface area (Å²) in [5.74, 6) is -0.354. The molecule has 1 aromatic heterocycles. The van der Waals surface area contributed by atoms with Gasteiger partial charge in [0.05, 0.1) is 12.3 Å². The maximum atomic E-state index is 12.9. The van der Waals surface area contributed by atoms with Crippen molar-refractivity contribution in [3.63, 3.8) is 0 Å². The fourth-order valence-electron chi connectivity index (χ4n) is 3.25. The Morgan fingerprint density at radius 1 is 0.909 bits per heavy atom. The largest absolute Gasteiger partial charge is 0.494 e. The molecule has 0 unspecified atom stereocenters. The van der Waals surface area contributed by atoms with Gasteiger partial charge in [0.15, 0.2) is 6.61 Å². The lowest BCUT2D eigenvalue weighted by atomic mass is 10.1. The van der Waals surface area contributed by atoms with Crippen molar-refractivity contribution in [3.8, 4) is 22.7 Å². The number of ether oxygens (including phenoxy) is 2. The Labute approximate surface area is 191 Å². The van der Waals surface area contributed by atoms with E-state index >= 15 is 0 Å². The Balaban J connectivity index is 1.48. The molecule has 0 aliphatic rings. The smallest absolute Gasteiger partial charge is 0.342 e. The average molecular weight is 441 g/mol. The van der Waals surface area contributed by atoms with Crippen LogP contribution in [0.1, 0.15) is 17.3 Å². The molecule has 7 nitrogen and oxygen atoms in total. The summed E-state index contributed by atoms with van der Waals surface area (Å²) in [6.07, 6.45) is 1.62. The molecule has 0 aliphatic heterocycles. The highest BCUT2D eigenvalue weighted by atomic mass is 16.5. The van der Waals surface area contributed by atoms with Gasteiger partial charge in [0, 0.05) is 17.4 Å². The minimum Gasteiger partial charge on any atom is -0.494 e. The number of anilines is 1. The highest BCUT2D eigenvalue weighted by Crippen LogP contribution is 2.24. The molecule has 0 bridgehead atoms. The summed E-state index contributed by atoms with van der Waals surface area (Å²) in [5, 5.41) is 7.30. The van der Waals surface area contributed by atoms with Crippen LogP contribution in [0.3, 0.4) is 0 Å². The number of carbonyl (C=O) groups excluding carboxylic acids is 2. The van der Waals surface area contributed by atoms with E-state index in [-0.39, 0.29) is 5.56 Å². The third-order valence-corrected chi connectivity index (χ3v) is 4.79. The summed E-state index contributed by atoms with van der Waals surface area (Å²) >= 11 is 0. The minimum absolute atomic E-state index is 0.277. The maximum Gasteiger partial charge on any atom is 0.342 e. The lowest BCUT2D eigenvalue weighted by Gasteiger charge is -2.08. The SMILES string of the molecule is CCOc1ccc(NC(=O)COC(=O)c2cn(-c3ccccc3)nc2-c2ccccc2)cc1. The van der Waals surface area contributed by atoms with E-state index in [1.54, 1.807) is 35.1 Å². The second-order valence-corrected chi connectivity index (χ2v) is 7.12. The molecule has 7 heteroatoms. The van der Waals surface area contributed by atoms with Crippen molar-refractivity contribution in [1.82, 2.24) is 9.78 Å². The normalized spacial score (nSPS) is 10.5. The average Bonchev–Trinajstić information content (AvgIpc) is 3.31. The van der Waals surface area contributed by atoms with Crippen LogP contribution in [0.15, 0.2) is 91.1 Å². The fourth-order valence-corrected chi connectivity index (χ4v) is 3.25. The van der Waals surface area contributed by atoms with Gasteiger partial charge in [0.2, 0.25) is 0 Å². The van der Waals surface area contributed by atoms with Crippen LogP contribution >= 0.6 is 0 Å². The van der Waals surface area contributed by atoms with E-state index < -0.39 is 18.5 Å². The number of nitrogens with one attached hydrogen (secondary N) is 1. The van der Waals surface area contributed by atoms with E-state index in [1.807, 2.05) is 67.6 Å². The van der Waals surface area contributed by atoms with Crippen molar-refractivity contribution in [2.24, 2.45) is 0 Å². The quantitative estimate of drug-likeness (QED) is 0.400. The molecule has 0 fully saturated rings. The third-order valence-electron chi connectivity index (χ3n) is 4.79. The number of hydrogen-bond acceptors (Lipinski definition) is 5. The van der Waals surface area contributed by atoms with Crippen LogP contribution in [0.2, 0.25) is 0 Å². The van der Waals surface area contributed by atoms with E-state index in [0.29, 0.717) is 23.7 Å². The van der Waals surface area contributed by atoms with Crippen LogP contribution in [0.5, 0.6) is 5.75 Å². The van der Waals surface area contributed by atoms with Gasteiger partial charge in [-0.3, -0.25) is 4.79 Å². The van der Waals surface area contributed by atoms with Crippen LogP contribution in [-0.4, -0.2) is 34.9 Å². The molecular weight excluding hydrogens is 418 g/mol. The van der Waals surface area contributed by atoms with E-state index in [9.17, 15) is 9.59 Å². The predicted molar refractivity (Wildman–Crippen MR) is 126 cm³/mol. The van der Waals surface area contributed by atoms with Crippen LogP contribution in [0, 0.1) is 0 Å². The summed E-state index contributed by atoms with van der Waals surface area (Å²) < 4.78 is 12.3. The molecule has 4 rings (SSSR count). The standard InChI is InChI=1S/C26H23N3O4/c1-2-32-22-15-13-20(14-16-22)27-24(30)18-33-26(31)23-17-29(21-11-7-4-8-12-21)28-25(23)19-9-5-3-6-10-19/h3-17H,2,18H2,1H3,(H,27,30). The first-order chi connectivity index (χ1) is 16.1. The zero-order valence-electron chi connectivity index (χ0n) is 18.1. The molecule has 1 heterocycles. The first kappa shape index (κ1) is 21.8. The first-order valence-electron chi connectivity index (χ1n) is 10.5. The number of carbonyl (C=O) groups is 2. The van der Waals surface area contributed by atoms with Gasteiger partial charge < -0.3 is 14.8 Å². The molecular formula is C26H23N3O4. The molecule has 3 aromatic carbocycles. The number of aromatic nitrogens is 2. The lowest BCUT2D eigenvalue weighted by Crippen LogP contribution is -2.21. The number of benzene rings is 3. The van der Waals surface area contributed by atoms with Gasteiger partial charge >= 0.3 is 5.97 Å². The monoisotopic (exact) mass is 441 g/mol. The van der Waals surface area contributed by atoms with Gasteiger partial charge in [0.1, 0.15) is 17.0 Å². The van der Waals surface area contributed by atoms with Crippen LogP contribution in [0.25, 0.3) is 16.9 Å². The number of esters is 1. The van der Waals surface area contributed by atoms with Gasteiger partial charge in [-0.25, -0.2) is 9.48 Å². The number of hydrogen-bond donors (Lipinski definition) is 1. The molecule has 1 N–H and O–H groups in total. The van der Waals surface area contributed by atoms with Crippen molar-refractivity contribution in [1.29, 1.82) is 0 Å². The second-order valence-electron chi connectivity index (χ2n) is 7.12. The first-order valence-corrected chi connectivity index (χ1v) is 10.5. The molecule has 0 aliphatic carbocycles. The van der Waals surface area contributed by atoms with Crippen LogP contribution in [0.4, 0.5) is 5.69 Å². The zero-order valence-corrected chi connectivity index (χ0v) is 18.1. The van der Waals surface area contributed by atoms with Crippen molar-refractivity contribution >= 4 is 17.6 Å². The van der Waals surface area contributed by atoms with Crippen molar-refractivity contribution in [3.05, 3.63) is 96.7 Å². The lowest BCUT2D eigenvalue weighted by molar-refractivity contribution is -0.119. The molecule has 166 valence electrons. The number of rotatable bonds is 8.